The molecule has 9 heteroatoms. The number of fused-ring (bicyclic) bond motifs is 1. The van der Waals surface area contributed by atoms with E-state index in [1.165, 1.54) is 6.20 Å². The van der Waals surface area contributed by atoms with Crippen LogP contribution in [-0.2, 0) is 0 Å². The van der Waals surface area contributed by atoms with Crippen LogP contribution >= 0.6 is 0 Å². The number of nitrogens with one attached hydrogen (secondary N) is 1. The summed E-state index contributed by atoms with van der Waals surface area (Å²) in [6.07, 6.45) is 5.13. The van der Waals surface area contributed by atoms with Crippen molar-refractivity contribution in [1.29, 1.82) is 0 Å². The number of benzene rings is 1. The first-order valence-electron chi connectivity index (χ1n) is 10.3. The molecule has 3 aromatic heterocycles. The minimum atomic E-state index is -1.67. The van der Waals surface area contributed by atoms with Gasteiger partial charge in [0.1, 0.15) is 11.1 Å². The third-order valence-corrected chi connectivity index (χ3v) is 6.03. The van der Waals surface area contributed by atoms with Crippen molar-refractivity contribution in [1.82, 2.24) is 29.5 Å². The maximum Gasteiger partial charge on any atom is 0.262 e. The van der Waals surface area contributed by atoms with Crippen LogP contribution in [0.15, 0.2) is 53.7 Å². The zero-order chi connectivity index (χ0) is 21.6. The monoisotopic (exact) mass is 424 g/mol. The number of nitrogens with zero attached hydrogens (tertiary/aromatic N) is 5. The van der Waals surface area contributed by atoms with E-state index in [1.54, 1.807) is 59.0 Å². The lowest BCUT2D eigenvalue weighted by molar-refractivity contribution is 0.103. The number of alkyl halides is 2. The molecule has 1 aromatic carbocycles. The highest BCUT2D eigenvalue weighted by Crippen LogP contribution is 2.38. The first kappa shape index (κ1) is 19.6. The molecule has 1 saturated carbocycles. The highest BCUT2D eigenvalue weighted by Gasteiger charge is 2.33. The van der Waals surface area contributed by atoms with Crippen LogP contribution in [0.4, 0.5) is 8.78 Å². The molecule has 0 amide bonds. The topological polar surface area (TPSA) is 81.4 Å². The van der Waals surface area contributed by atoms with Gasteiger partial charge in [0.15, 0.2) is 17.6 Å². The number of hydrogen-bond acceptors (Lipinski definition) is 4. The Labute approximate surface area is 176 Å². The van der Waals surface area contributed by atoms with E-state index in [4.69, 9.17) is 0 Å². The largest absolute Gasteiger partial charge is 0.307 e. The minimum Gasteiger partial charge on any atom is -0.307 e. The van der Waals surface area contributed by atoms with Gasteiger partial charge >= 0.3 is 0 Å². The Morgan fingerprint density at radius 2 is 1.97 bits per heavy atom. The molecular weight excluding hydrogens is 402 g/mol. The summed E-state index contributed by atoms with van der Waals surface area (Å²) in [5.41, 5.74) is -0.408. The van der Waals surface area contributed by atoms with Gasteiger partial charge in [-0.05, 0) is 44.7 Å². The second-order valence-electron chi connectivity index (χ2n) is 8.29. The number of halogens is 2. The van der Waals surface area contributed by atoms with E-state index in [9.17, 15) is 9.18 Å². The fourth-order valence-corrected chi connectivity index (χ4v) is 4.26. The summed E-state index contributed by atoms with van der Waals surface area (Å²) in [4.78, 5) is 19.7. The summed E-state index contributed by atoms with van der Waals surface area (Å²) in [5.74, 6) is -0.0926. The number of rotatable bonds is 4. The van der Waals surface area contributed by atoms with Crippen LogP contribution in [0.1, 0.15) is 56.2 Å². The molecule has 1 unspecified atom stereocenters. The summed E-state index contributed by atoms with van der Waals surface area (Å²) >= 11 is 0. The molecule has 5 rings (SSSR count). The number of aromatic nitrogens is 6. The van der Waals surface area contributed by atoms with Crippen molar-refractivity contribution in [3.8, 4) is 5.69 Å². The van der Waals surface area contributed by atoms with Crippen LogP contribution in [0.2, 0.25) is 0 Å². The van der Waals surface area contributed by atoms with Crippen LogP contribution in [0.3, 0.4) is 0 Å². The molecule has 0 bridgehead atoms. The molecule has 160 valence electrons. The number of H-pyrrole nitrogens is 1. The van der Waals surface area contributed by atoms with E-state index in [1.807, 2.05) is 0 Å². The van der Waals surface area contributed by atoms with Crippen LogP contribution in [0, 0.1) is 0 Å². The summed E-state index contributed by atoms with van der Waals surface area (Å²) in [6.45, 7) is 1.61. The Morgan fingerprint density at radius 1 is 1.19 bits per heavy atom. The zero-order valence-corrected chi connectivity index (χ0v) is 17.0. The van der Waals surface area contributed by atoms with Crippen molar-refractivity contribution in [2.75, 3.05) is 0 Å². The average Bonchev–Trinajstić information content (AvgIpc) is 3.44. The maximum atomic E-state index is 15.7. The third kappa shape index (κ3) is 3.54. The van der Waals surface area contributed by atoms with Crippen molar-refractivity contribution in [3.05, 3.63) is 70.7 Å². The van der Waals surface area contributed by atoms with E-state index in [2.05, 4.69) is 20.2 Å². The van der Waals surface area contributed by atoms with Gasteiger partial charge in [0, 0.05) is 18.0 Å². The zero-order valence-electron chi connectivity index (χ0n) is 17.0. The molecule has 1 aliphatic carbocycles. The van der Waals surface area contributed by atoms with Crippen LogP contribution in [0.5, 0.6) is 0 Å². The first-order chi connectivity index (χ1) is 14.9. The van der Waals surface area contributed by atoms with Crippen molar-refractivity contribution >= 4 is 11.0 Å². The molecule has 4 aromatic rings. The second kappa shape index (κ2) is 7.40. The molecule has 0 spiro atoms. The fraction of sp³-hybridized carbons (Fsp3) is 0.364. The van der Waals surface area contributed by atoms with Crippen molar-refractivity contribution in [2.24, 2.45) is 0 Å². The average molecular weight is 424 g/mol. The van der Waals surface area contributed by atoms with E-state index in [-0.39, 0.29) is 11.9 Å². The van der Waals surface area contributed by atoms with E-state index in [0.29, 0.717) is 48.0 Å². The van der Waals surface area contributed by atoms with Gasteiger partial charge in [-0.2, -0.15) is 10.2 Å². The minimum absolute atomic E-state index is 0.0714. The third-order valence-electron chi connectivity index (χ3n) is 6.03. The van der Waals surface area contributed by atoms with E-state index >= 15 is 4.39 Å². The number of aromatic amines is 1. The Morgan fingerprint density at radius 3 is 2.71 bits per heavy atom. The number of para-hydroxylation sites is 1. The normalized spacial score (nSPS) is 22.6. The van der Waals surface area contributed by atoms with Crippen molar-refractivity contribution in [3.63, 3.8) is 0 Å². The summed E-state index contributed by atoms with van der Waals surface area (Å²) in [5, 5.41) is 8.81. The molecule has 0 aliphatic heterocycles. The van der Waals surface area contributed by atoms with Crippen molar-refractivity contribution in [2.45, 2.75) is 50.5 Å². The Bertz CT molecular complexity index is 1270. The van der Waals surface area contributed by atoms with Gasteiger partial charge in [-0.25, -0.2) is 23.1 Å². The Balaban J connectivity index is 1.55. The standard InChI is InChI=1S/C22H22F2N6O/c1-22(24)9-7-14(8-10-22)30-20-16(13-26-30)21(31)28-19(27-20)18(23)15-5-2-3-6-17(15)29-12-4-11-25-29/h2-6,11-14,18H,7-10H2,1H3,(H,27,28,31). The van der Waals surface area contributed by atoms with Gasteiger partial charge in [0.05, 0.1) is 17.9 Å². The molecule has 7 nitrogen and oxygen atoms in total. The van der Waals surface area contributed by atoms with Crippen LogP contribution in [0.25, 0.3) is 16.7 Å². The SMILES string of the molecule is CC1(F)CCC(n2ncc3c(=O)[nH]c(C(F)c4ccccc4-n4cccn4)nc32)CC1. The molecule has 1 fully saturated rings. The molecule has 1 atom stereocenters. The molecule has 31 heavy (non-hydrogen) atoms. The van der Waals surface area contributed by atoms with Crippen molar-refractivity contribution < 1.29 is 8.78 Å². The Kier molecular flexibility index (Phi) is 4.68. The molecule has 0 saturated heterocycles. The lowest BCUT2D eigenvalue weighted by atomic mass is 9.85. The molecule has 0 radical (unpaired) electrons. The van der Waals surface area contributed by atoms with E-state index < -0.39 is 17.4 Å². The molecule has 1 N–H and O–H groups in total. The van der Waals surface area contributed by atoms with Gasteiger partial charge in [-0.3, -0.25) is 4.79 Å². The molecule has 1 aliphatic rings. The predicted molar refractivity (Wildman–Crippen MR) is 112 cm³/mol. The lowest BCUT2D eigenvalue weighted by Crippen LogP contribution is -2.28. The van der Waals surface area contributed by atoms with Gasteiger partial charge in [-0.15, -0.1) is 0 Å². The lowest BCUT2D eigenvalue weighted by Gasteiger charge is -2.31. The molecular formula is C22H22F2N6O. The van der Waals surface area contributed by atoms with E-state index in [0.717, 1.165) is 0 Å². The van der Waals surface area contributed by atoms with Gasteiger partial charge in [0.25, 0.3) is 5.56 Å². The highest BCUT2D eigenvalue weighted by atomic mass is 19.1. The first-order valence-corrected chi connectivity index (χ1v) is 10.3. The van der Waals surface area contributed by atoms with Crippen LogP contribution < -0.4 is 5.56 Å². The smallest absolute Gasteiger partial charge is 0.262 e. The molecule has 3 heterocycles. The van der Waals surface area contributed by atoms with Gasteiger partial charge in [0.2, 0.25) is 0 Å². The van der Waals surface area contributed by atoms with Crippen LogP contribution in [-0.4, -0.2) is 35.2 Å². The van der Waals surface area contributed by atoms with Gasteiger partial charge in [-0.1, -0.05) is 18.2 Å². The second-order valence-corrected chi connectivity index (χ2v) is 8.29. The Hall–Kier alpha value is -3.36. The van der Waals surface area contributed by atoms with Gasteiger partial charge < -0.3 is 4.98 Å². The maximum absolute atomic E-state index is 15.7. The summed E-state index contributed by atoms with van der Waals surface area (Å²) in [6, 6.07) is 8.60. The summed E-state index contributed by atoms with van der Waals surface area (Å²) in [7, 11) is 0. The quantitative estimate of drug-likeness (QED) is 0.532. The highest BCUT2D eigenvalue weighted by molar-refractivity contribution is 5.73. The number of hydrogen-bond donors (Lipinski definition) is 1. The fourth-order valence-electron chi connectivity index (χ4n) is 4.26. The predicted octanol–water partition coefficient (Wildman–Crippen LogP) is 4.21. The summed E-state index contributed by atoms with van der Waals surface area (Å²) < 4.78 is 33.1.